The minimum atomic E-state index is 0.0220. The smallest absolute Gasteiger partial charge is 0.122 e. The highest BCUT2D eigenvalue weighted by atomic mass is 16.5. The van der Waals surface area contributed by atoms with Crippen molar-refractivity contribution < 1.29 is 9.47 Å². The van der Waals surface area contributed by atoms with Crippen molar-refractivity contribution in [2.75, 3.05) is 14.2 Å². The van der Waals surface area contributed by atoms with Crippen molar-refractivity contribution in [1.82, 2.24) is 0 Å². The molecule has 0 bridgehead atoms. The molecule has 1 saturated carbocycles. The average molecular weight is 291 g/mol. The molecule has 1 fully saturated rings. The summed E-state index contributed by atoms with van der Waals surface area (Å²) in [4.78, 5) is 0. The molecule has 3 nitrogen and oxygen atoms in total. The molecule has 21 heavy (non-hydrogen) atoms. The maximum atomic E-state index is 6.48. The van der Waals surface area contributed by atoms with Gasteiger partial charge >= 0.3 is 0 Å². The summed E-state index contributed by atoms with van der Waals surface area (Å²) in [5.74, 6) is 1.53. The van der Waals surface area contributed by atoms with Crippen LogP contribution in [0.1, 0.15) is 43.2 Å². The van der Waals surface area contributed by atoms with E-state index in [1.165, 1.54) is 43.2 Å². The third-order valence-corrected chi connectivity index (χ3v) is 4.70. The predicted octanol–water partition coefficient (Wildman–Crippen LogP) is 3.47. The first-order valence-corrected chi connectivity index (χ1v) is 8.07. The maximum Gasteiger partial charge on any atom is 0.122 e. The second kappa shape index (κ2) is 7.81. The van der Waals surface area contributed by atoms with E-state index in [9.17, 15) is 0 Å². The van der Waals surface area contributed by atoms with Crippen LogP contribution in [0.25, 0.3) is 0 Å². The van der Waals surface area contributed by atoms with Crippen LogP contribution in [0.15, 0.2) is 18.2 Å². The third-order valence-electron chi connectivity index (χ3n) is 4.70. The summed E-state index contributed by atoms with van der Waals surface area (Å²) in [5, 5.41) is 0. The summed E-state index contributed by atoms with van der Waals surface area (Å²) in [6.45, 7) is 2.10. The van der Waals surface area contributed by atoms with Crippen LogP contribution in [0.4, 0.5) is 0 Å². The first-order valence-electron chi connectivity index (χ1n) is 8.07. The van der Waals surface area contributed by atoms with Crippen LogP contribution in [0.3, 0.4) is 0 Å². The van der Waals surface area contributed by atoms with Crippen molar-refractivity contribution in [2.24, 2.45) is 11.7 Å². The van der Waals surface area contributed by atoms with Crippen molar-refractivity contribution >= 4 is 0 Å². The zero-order chi connectivity index (χ0) is 15.2. The largest absolute Gasteiger partial charge is 0.496 e. The van der Waals surface area contributed by atoms with Gasteiger partial charge in [0, 0.05) is 13.2 Å². The number of benzene rings is 1. The molecule has 0 saturated heterocycles. The Kier molecular flexibility index (Phi) is 6.07. The molecular weight excluding hydrogens is 262 g/mol. The summed E-state index contributed by atoms with van der Waals surface area (Å²) >= 11 is 0. The van der Waals surface area contributed by atoms with Gasteiger partial charge in [0.15, 0.2) is 0 Å². The first-order chi connectivity index (χ1) is 10.2. The van der Waals surface area contributed by atoms with E-state index >= 15 is 0 Å². The van der Waals surface area contributed by atoms with E-state index in [-0.39, 0.29) is 12.1 Å². The Bertz CT molecular complexity index is 441. The van der Waals surface area contributed by atoms with Gasteiger partial charge in [-0.3, -0.25) is 0 Å². The summed E-state index contributed by atoms with van der Waals surface area (Å²) in [6.07, 6.45) is 7.42. The standard InChI is InChI=1S/C18H29NO2/c1-13-9-10-17(20-2)15(11-13)12-16(19)18(21-3)14-7-5-4-6-8-14/h9-11,14,16,18H,4-8,12,19H2,1-3H3. The van der Waals surface area contributed by atoms with Crippen LogP contribution in [0.5, 0.6) is 5.75 Å². The number of rotatable bonds is 6. The zero-order valence-corrected chi connectivity index (χ0v) is 13.6. The fraction of sp³-hybridized carbons (Fsp3) is 0.667. The lowest BCUT2D eigenvalue weighted by Gasteiger charge is -2.33. The topological polar surface area (TPSA) is 44.5 Å². The van der Waals surface area contributed by atoms with E-state index < -0.39 is 0 Å². The minimum Gasteiger partial charge on any atom is -0.496 e. The van der Waals surface area contributed by atoms with Crippen LogP contribution in [-0.4, -0.2) is 26.4 Å². The van der Waals surface area contributed by atoms with Gasteiger partial charge in [0.2, 0.25) is 0 Å². The summed E-state index contributed by atoms with van der Waals surface area (Å²) in [7, 11) is 3.52. The molecule has 3 heteroatoms. The molecule has 1 aliphatic rings. The van der Waals surface area contributed by atoms with Gasteiger partial charge < -0.3 is 15.2 Å². The molecular formula is C18H29NO2. The molecule has 0 aliphatic heterocycles. The van der Waals surface area contributed by atoms with Crippen molar-refractivity contribution in [3.63, 3.8) is 0 Å². The van der Waals surface area contributed by atoms with E-state index in [4.69, 9.17) is 15.2 Å². The fourth-order valence-electron chi connectivity index (χ4n) is 3.62. The predicted molar refractivity (Wildman–Crippen MR) is 86.8 cm³/mol. The van der Waals surface area contributed by atoms with Crippen molar-refractivity contribution in [3.05, 3.63) is 29.3 Å². The third kappa shape index (κ3) is 4.21. The monoisotopic (exact) mass is 291 g/mol. The molecule has 0 heterocycles. The van der Waals surface area contributed by atoms with Crippen LogP contribution in [0, 0.1) is 12.8 Å². The Hall–Kier alpha value is -1.06. The molecule has 0 spiro atoms. The second-order valence-electron chi connectivity index (χ2n) is 6.28. The Morgan fingerprint density at radius 1 is 1.19 bits per heavy atom. The number of methoxy groups -OCH3 is 2. The van der Waals surface area contributed by atoms with Gasteiger partial charge in [-0.05, 0) is 43.7 Å². The molecule has 1 aromatic rings. The highest BCUT2D eigenvalue weighted by Crippen LogP contribution is 2.30. The van der Waals surface area contributed by atoms with Crippen LogP contribution in [-0.2, 0) is 11.2 Å². The number of aryl methyl sites for hydroxylation is 1. The summed E-state index contributed by atoms with van der Waals surface area (Å²) in [6, 6.07) is 6.29. The number of hydrogen-bond acceptors (Lipinski definition) is 3. The van der Waals surface area contributed by atoms with Gasteiger partial charge in [-0.1, -0.05) is 37.0 Å². The van der Waals surface area contributed by atoms with Gasteiger partial charge in [-0.15, -0.1) is 0 Å². The first kappa shape index (κ1) is 16.3. The molecule has 2 N–H and O–H groups in total. The Morgan fingerprint density at radius 2 is 1.90 bits per heavy atom. The Balaban J connectivity index is 2.07. The quantitative estimate of drug-likeness (QED) is 0.873. The lowest BCUT2D eigenvalue weighted by molar-refractivity contribution is 0.0178. The van der Waals surface area contributed by atoms with Crippen LogP contribution >= 0.6 is 0 Å². The summed E-state index contributed by atoms with van der Waals surface area (Å²) in [5.41, 5.74) is 8.91. The SMILES string of the molecule is COc1ccc(C)cc1CC(N)C(OC)C1CCCCC1. The maximum absolute atomic E-state index is 6.48. The molecule has 2 atom stereocenters. The van der Waals surface area contributed by atoms with E-state index in [2.05, 4.69) is 19.1 Å². The number of nitrogens with two attached hydrogens (primary N) is 1. The van der Waals surface area contributed by atoms with E-state index in [1.54, 1.807) is 14.2 Å². The molecule has 1 aliphatic carbocycles. The zero-order valence-electron chi connectivity index (χ0n) is 13.6. The van der Waals surface area contributed by atoms with Crippen molar-refractivity contribution in [1.29, 1.82) is 0 Å². The molecule has 0 radical (unpaired) electrons. The number of ether oxygens (including phenoxy) is 2. The second-order valence-corrected chi connectivity index (χ2v) is 6.28. The van der Waals surface area contributed by atoms with Gasteiger partial charge in [0.05, 0.1) is 13.2 Å². The van der Waals surface area contributed by atoms with E-state index in [1.807, 2.05) is 6.07 Å². The van der Waals surface area contributed by atoms with Gasteiger partial charge in [-0.25, -0.2) is 0 Å². The molecule has 2 unspecified atom stereocenters. The number of hydrogen-bond donors (Lipinski definition) is 1. The lowest BCUT2D eigenvalue weighted by atomic mass is 9.81. The van der Waals surface area contributed by atoms with Gasteiger partial charge in [0.25, 0.3) is 0 Å². The fourth-order valence-corrected chi connectivity index (χ4v) is 3.62. The summed E-state index contributed by atoms with van der Waals surface area (Å²) < 4.78 is 11.2. The van der Waals surface area contributed by atoms with Crippen LogP contribution < -0.4 is 10.5 Å². The molecule has 2 rings (SSSR count). The van der Waals surface area contributed by atoms with Crippen molar-refractivity contribution in [2.45, 2.75) is 57.6 Å². The minimum absolute atomic E-state index is 0.0220. The van der Waals surface area contributed by atoms with Gasteiger partial charge in [-0.2, -0.15) is 0 Å². The highest BCUT2D eigenvalue weighted by molar-refractivity contribution is 5.37. The molecule has 1 aromatic carbocycles. The van der Waals surface area contributed by atoms with E-state index in [0.29, 0.717) is 5.92 Å². The molecule has 0 amide bonds. The van der Waals surface area contributed by atoms with Crippen molar-refractivity contribution in [3.8, 4) is 5.75 Å². The average Bonchev–Trinajstić information content (AvgIpc) is 2.49. The molecule has 0 aromatic heterocycles. The van der Waals surface area contributed by atoms with Gasteiger partial charge in [0.1, 0.15) is 5.75 Å². The van der Waals surface area contributed by atoms with Crippen LogP contribution in [0.2, 0.25) is 0 Å². The Morgan fingerprint density at radius 3 is 2.52 bits per heavy atom. The van der Waals surface area contributed by atoms with E-state index in [0.717, 1.165) is 12.2 Å². The molecule has 118 valence electrons. The highest BCUT2D eigenvalue weighted by Gasteiger charge is 2.29. The Labute approximate surface area is 128 Å². The normalized spacial score (nSPS) is 19.2. The lowest BCUT2D eigenvalue weighted by Crippen LogP contribution is -2.43.